The number of aliphatic hydroxyl groups is 1. The average molecular weight is 423 g/mol. The highest BCUT2D eigenvalue weighted by Crippen LogP contribution is 2.29. The molecule has 4 rings (SSSR count). The van der Waals surface area contributed by atoms with E-state index in [-0.39, 0.29) is 6.54 Å². The molecule has 0 bridgehead atoms. The van der Waals surface area contributed by atoms with Gasteiger partial charge in [-0.25, -0.2) is 8.42 Å². The Morgan fingerprint density at radius 2 is 1.40 bits per heavy atom. The fourth-order valence-electron chi connectivity index (χ4n) is 3.99. The summed E-state index contributed by atoms with van der Waals surface area (Å²) in [5, 5.41) is 13.1. The molecule has 156 valence electrons. The molecule has 0 amide bonds. The van der Waals surface area contributed by atoms with Crippen LogP contribution in [0.2, 0.25) is 0 Å². The highest BCUT2D eigenvalue weighted by atomic mass is 32.2. The van der Waals surface area contributed by atoms with E-state index >= 15 is 0 Å². The lowest BCUT2D eigenvalue weighted by Crippen LogP contribution is -2.39. The van der Waals surface area contributed by atoms with Crippen molar-refractivity contribution in [2.24, 2.45) is 0 Å². The number of aromatic nitrogens is 1. The molecular formula is C24H26N2O3S. The van der Waals surface area contributed by atoms with Gasteiger partial charge in [-0.3, -0.25) is 0 Å². The van der Waals surface area contributed by atoms with E-state index in [1.165, 1.54) is 10.6 Å². The molecule has 1 aromatic heterocycles. The van der Waals surface area contributed by atoms with Gasteiger partial charge < -0.3 is 9.67 Å². The Hall–Kier alpha value is -2.67. The van der Waals surface area contributed by atoms with Crippen molar-refractivity contribution < 1.29 is 13.5 Å². The van der Waals surface area contributed by atoms with Crippen molar-refractivity contribution in [2.45, 2.75) is 19.1 Å². The van der Waals surface area contributed by atoms with E-state index in [1.54, 1.807) is 0 Å². The van der Waals surface area contributed by atoms with Gasteiger partial charge in [-0.2, -0.15) is 4.31 Å². The monoisotopic (exact) mass is 422 g/mol. The van der Waals surface area contributed by atoms with Crippen LogP contribution >= 0.6 is 0 Å². The van der Waals surface area contributed by atoms with Crippen LogP contribution in [0, 0.1) is 0 Å². The SMILES string of the molecule is CS(=O)(=O)N(CCc1ccccc1)CC(O)Cn1c2ccccc2c2ccccc21. The van der Waals surface area contributed by atoms with Gasteiger partial charge in [-0.15, -0.1) is 0 Å². The van der Waals surface area contributed by atoms with Gasteiger partial charge in [0.25, 0.3) is 0 Å². The molecule has 0 aliphatic rings. The summed E-state index contributed by atoms with van der Waals surface area (Å²) in [6.45, 7) is 0.727. The second kappa shape index (κ2) is 8.60. The van der Waals surface area contributed by atoms with Crippen LogP contribution in [0.15, 0.2) is 78.9 Å². The molecule has 0 radical (unpaired) electrons. The first-order chi connectivity index (χ1) is 14.4. The Balaban J connectivity index is 1.55. The van der Waals surface area contributed by atoms with E-state index in [0.29, 0.717) is 19.5 Å². The summed E-state index contributed by atoms with van der Waals surface area (Å²) in [5.74, 6) is 0. The van der Waals surface area contributed by atoms with Gasteiger partial charge in [0.2, 0.25) is 10.0 Å². The maximum Gasteiger partial charge on any atom is 0.211 e. The van der Waals surface area contributed by atoms with E-state index in [0.717, 1.165) is 27.4 Å². The summed E-state index contributed by atoms with van der Waals surface area (Å²) >= 11 is 0. The van der Waals surface area contributed by atoms with E-state index in [2.05, 4.69) is 16.7 Å². The second-order valence-corrected chi connectivity index (χ2v) is 9.64. The molecule has 0 spiro atoms. The van der Waals surface area contributed by atoms with Crippen LogP contribution in [0.5, 0.6) is 0 Å². The topological polar surface area (TPSA) is 62.5 Å². The van der Waals surface area contributed by atoms with E-state index in [9.17, 15) is 13.5 Å². The predicted molar refractivity (Wildman–Crippen MR) is 122 cm³/mol. The fourth-order valence-corrected chi connectivity index (χ4v) is 4.86. The highest BCUT2D eigenvalue weighted by Gasteiger charge is 2.22. The Labute approximate surface area is 177 Å². The van der Waals surface area contributed by atoms with Crippen molar-refractivity contribution in [3.63, 3.8) is 0 Å². The summed E-state index contributed by atoms with van der Waals surface area (Å²) < 4.78 is 28.1. The molecular weight excluding hydrogens is 396 g/mol. The molecule has 0 saturated heterocycles. The van der Waals surface area contributed by atoms with Crippen molar-refractivity contribution in [3.05, 3.63) is 84.4 Å². The normalized spacial score (nSPS) is 13.3. The third kappa shape index (κ3) is 4.41. The van der Waals surface area contributed by atoms with Gasteiger partial charge >= 0.3 is 0 Å². The maximum atomic E-state index is 12.3. The summed E-state index contributed by atoms with van der Waals surface area (Å²) in [6, 6.07) is 26.0. The Kier molecular flexibility index (Phi) is 5.90. The minimum Gasteiger partial charge on any atom is -0.390 e. The van der Waals surface area contributed by atoms with Crippen LogP contribution < -0.4 is 0 Å². The molecule has 3 aromatic carbocycles. The quantitative estimate of drug-likeness (QED) is 0.471. The summed E-state index contributed by atoms with van der Waals surface area (Å²) in [5.41, 5.74) is 3.14. The van der Waals surface area contributed by atoms with Crippen molar-refractivity contribution >= 4 is 31.8 Å². The van der Waals surface area contributed by atoms with Crippen molar-refractivity contribution in [1.29, 1.82) is 0 Å². The molecule has 0 aliphatic carbocycles. The molecule has 4 aromatic rings. The number of hydrogen-bond acceptors (Lipinski definition) is 3. The molecule has 5 nitrogen and oxygen atoms in total. The number of para-hydroxylation sites is 2. The molecule has 0 saturated carbocycles. The number of nitrogens with zero attached hydrogens (tertiary/aromatic N) is 2. The van der Waals surface area contributed by atoms with Gasteiger partial charge in [0, 0.05) is 34.9 Å². The van der Waals surface area contributed by atoms with E-state index in [1.807, 2.05) is 66.7 Å². The number of rotatable bonds is 8. The Morgan fingerprint density at radius 1 is 0.867 bits per heavy atom. The van der Waals surface area contributed by atoms with Crippen molar-refractivity contribution in [2.75, 3.05) is 19.3 Å². The minimum atomic E-state index is -3.43. The van der Waals surface area contributed by atoms with Gasteiger partial charge in [0.15, 0.2) is 0 Å². The third-order valence-electron chi connectivity index (χ3n) is 5.45. The van der Waals surface area contributed by atoms with Crippen molar-refractivity contribution in [3.8, 4) is 0 Å². The van der Waals surface area contributed by atoms with E-state index < -0.39 is 16.1 Å². The molecule has 0 aliphatic heterocycles. The zero-order chi connectivity index (χ0) is 21.1. The second-order valence-electron chi connectivity index (χ2n) is 7.66. The van der Waals surface area contributed by atoms with E-state index in [4.69, 9.17) is 0 Å². The molecule has 1 atom stereocenters. The van der Waals surface area contributed by atoms with Crippen LogP contribution in [0.4, 0.5) is 0 Å². The standard InChI is InChI=1S/C24H26N2O3S/c1-30(28,29)25(16-15-19-9-3-2-4-10-19)17-20(27)18-26-23-13-7-5-11-21(23)22-12-6-8-14-24(22)26/h2-14,20,27H,15-18H2,1H3. The van der Waals surface area contributed by atoms with Crippen LogP contribution in [-0.2, 0) is 23.0 Å². The van der Waals surface area contributed by atoms with Gasteiger partial charge in [-0.05, 0) is 24.1 Å². The first-order valence-electron chi connectivity index (χ1n) is 10.1. The van der Waals surface area contributed by atoms with Crippen LogP contribution in [0.25, 0.3) is 21.8 Å². The predicted octanol–water partition coefficient (Wildman–Crippen LogP) is 3.66. The molecule has 1 unspecified atom stereocenters. The smallest absolute Gasteiger partial charge is 0.211 e. The molecule has 1 N–H and O–H groups in total. The van der Waals surface area contributed by atoms with Gasteiger partial charge in [0.1, 0.15) is 0 Å². The molecule has 1 heterocycles. The highest BCUT2D eigenvalue weighted by molar-refractivity contribution is 7.88. The third-order valence-corrected chi connectivity index (χ3v) is 6.72. The summed E-state index contributed by atoms with van der Waals surface area (Å²) in [7, 11) is -3.43. The van der Waals surface area contributed by atoms with Crippen LogP contribution in [0.1, 0.15) is 5.56 Å². The number of benzene rings is 3. The molecule has 0 fully saturated rings. The van der Waals surface area contributed by atoms with Gasteiger partial charge in [-0.1, -0.05) is 66.7 Å². The number of sulfonamides is 1. The Morgan fingerprint density at radius 3 is 1.97 bits per heavy atom. The lowest BCUT2D eigenvalue weighted by molar-refractivity contribution is 0.131. The van der Waals surface area contributed by atoms with Gasteiger partial charge in [0.05, 0.1) is 18.9 Å². The zero-order valence-electron chi connectivity index (χ0n) is 17.0. The first-order valence-corrected chi connectivity index (χ1v) is 11.9. The fraction of sp³-hybridized carbons (Fsp3) is 0.250. The number of fused-ring (bicyclic) bond motifs is 3. The number of aliphatic hydroxyl groups excluding tert-OH is 1. The largest absolute Gasteiger partial charge is 0.390 e. The molecule has 6 heteroatoms. The maximum absolute atomic E-state index is 12.3. The lowest BCUT2D eigenvalue weighted by atomic mass is 10.1. The molecule has 30 heavy (non-hydrogen) atoms. The summed E-state index contributed by atoms with van der Waals surface area (Å²) in [4.78, 5) is 0. The first kappa shape index (κ1) is 20.6. The minimum absolute atomic E-state index is 0.0620. The van der Waals surface area contributed by atoms with Crippen LogP contribution in [0.3, 0.4) is 0 Å². The lowest BCUT2D eigenvalue weighted by Gasteiger charge is -2.24. The van der Waals surface area contributed by atoms with Crippen LogP contribution in [-0.4, -0.2) is 47.8 Å². The summed E-state index contributed by atoms with van der Waals surface area (Å²) in [6.07, 6.45) is 0.982. The Bertz CT molecular complexity index is 1200. The zero-order valence-corrected chi connectivity index (χ0v) is 17.8. The number of hydrogen-bond donors (Lipinski definition) is 1. The average Bonchev–Trinajstić information content (AvgIpc) is 3.05. The van der Waals surface area contributed by atoms with Crippen molar-refractivity contribution in [1.82, 2.24) is 8.87 Å².